The molecule has 1 aliphatic carbocycles. The summed E-state index contributed by atoms with van der Waals surface area (Å²) < 4.78 is 0. The van der Waals surface area contributed by atoms with E-state index in [1.165, 1.54) is 25.3 Å². The van der Waals surface area contributed by atoms with Crippen LogP contribution in [-0.4, -0.2) is 33.4 Å². The second-order valence-electron chi connectivity index (χ2n) is 7.70. The van der Waals surface area contributed by atoms with Crippen molar-refractivity contribution in [2.75, 3.05) is 11.9 Å². The molecule has 2 heterocycles. The van der Waals surface area contributed by atoms with Gasteiger partial charge in [-0.1, -0.05) is 49.1 Å². The number of benzene rings is 1. The molecule has 4 rings (SSSR count). The third-order valence-corrected chi connectivity index (χ3v) is 6.13. The molecule has 1 aromatic carbocycles. The lowest BCUT2D eigenvalue weighted by atomic mass is 9.94. The van der Waals surface area contributed by atoms with Crippen molar-refractivity contribution in [1.29, 1.82) is 0 Å². The van der Waals surface area contributed by atoms with Crippen molar-refractivity contribution < 1.29 is 4.79 Å². The maximum atomic E-state index is 12.6. The zero-order chi connectivity index (χ0) is 19.5. The number of halogens is 1. The molecule has 1 unspecified atom stereocenters. The Labute approximate surface area is 169 Å². The van der Waals surface area contributed by atoms with Crippen LogP contribution in [-0.2, 0) is 11.3 Å². The molecule has 1 amide bonds. The van der Waals surface area contributed by atoms with Crippen molar-refractivity contribution in [3.05, 3.63) is 57.0 Å². The van der Waals surface area contributed by atoms with Gasteiger partial charge in [0.05, 0.1) is 5.69 Å². The Morgan fingerprint density at radius 2 is 1.96 bits per heavy atom. The number of H-pyrrole nitrogens is 1. The average molecular weight is 401 g/mol. The minimum atomic E-state index is -0.213. The van der Waals surface area contributed by atoms with Crippen molar-refractivity contribution >= 4 is 23.5 Å². The maximum Gasteiger partial charge on any atom is 0.252 e. The molecule has 1 saturated heterocycles. The van der Waals surface area contributed by atoms with Gasteiger partial charge in [0.2, 0.25) is 11.9 Å². The molecule has 0 radical (unpaired) electrons. The first kappa shape index (κ1) is 19.0. The minimum Gasteiger partial charge on any atom is -0.352 e. The van der Waals surface area contributed by atoms with E-state index in [0.29, 0.717) is 42.2 Å². The number of hydrogen-bond donors (Lipinski definition) is 2. The number of carbonyl (C=O) groups is 1. The summed E-state index contributed by atoms with van der Waals surface area (Å²) >= 11 is 6.19. The average Bonchev–Trinajstić information content (AvgIpc) is 3.09. The summed E-state index contributed by atoms with van der Waals surface area (Å²) in [7, 11) is 0. The molecule has 1 aromatic heterocycles. The summed E-state index contributed by atoms with van der Waals surface area (Å²) in [5.74, 6) is 0.563. The van der Waals surface area contributed by atoms with Gasteiger partial charge in [-0.2, -0.15) is 0 Å². The van der Waals surface area contributed by atoms with Crippen LogP contribution in [0.25, 0.3) is 0 Å². The van der Waals surface area contributed by atoms with E-state index in [4.69, 9.17) is 11.6 Å². The molecule has 1 saturated carbocycles. The number of rotatable bonds is 5. The van der Waals surface area contributed by atoms with E-state index in [1.54, 1.807) is 0 Å². The Bertz CT molecular complexity index is 907. The fraction of sp³-hybridized carbons (Fsp3) is 0.476. The smallest absolute Gasteiger partial charge is 0.252 e. The largest absolute Gasteiger partial charge is 0.352 e. The van der Waals surface area contributed by atoms with Crippen LogP contribution in [0.5, 0.6) is 0 Å². The molecule has 2 fully saturated rings. The first-order chi connectivity index (χ1) is 13.6. The third kappa shape index (κ3) is 4.22. The monoisotopic (exact) mass is 400 g/mol. The van der Waals surface area contributed by atoms with Crippen molar-refractivity contribution in [2.24, 2.45) is 0 Å². The van der Waals surface area contributed by atoms with Crippen LogP contribution >= 0.6 is 11.6 Å². The molecule has 2 aromatic rings. The second kappa shape index (κ2) is 8.35. The van der Waals surface area contributed by atoms with E-state index in [9.17, 15) is 9.59 Å². The van der Waals surface area contributed by atoms with Crippen molar-refractivity contribution in [1.82, 2.24) is 14.9 Å². The summed E-state index contributed by atoms with van der Waals surface area (Å²) in [6, 6.07) is 9.42. The molecular weight excluding hydrogens is 376 g/mol. The molecule has 1 atom stereocenters. The summed E-state index contributed by atoms with van der Waals surface area (Å²) in [6.07, 6.45) is 6.25. The van der Waals surface area contributed by atoms with Crippen LogP contribution in [0, 0.1) is 0 Å². The lowest BCUT2D eigenvalue weighted by molar-refractivity contribution is -0.130. The van der Waals surface area contributed by atoms with Gasteiger partial charge in [-0.25, -0.2) is 4.98 Å². The Kier molecular flexibility index (Phi) is 5.67. The molecular formula is C21H25ClN4O2. The molecule has 148 valence electrons. The number of anilines is 1. The van der Waals surface area contributed by atoms with Crippen molar-refractivity contribution in [3.63, 3.8) is 0 Å². The summed E-state index contributed by atoms with van der Waals surface area (Å²) in [5.41, 5.74) is 1.39. The quantitative estimate of drug-likeness (QED) is 0.802. The molecule has 2 N–H and O–H groups in total. The molecule has 6 nitrogen and oxygen atoms in total. The number of nitrogens with zero attached hydrogens (tertiary/aromatic N) is 2. The first-order valence-electron chi connectivity index (χ1n) is 9.98. The molecule has 2 aliphatic rings. The van der Waals surface area contributed by atoms with E-state index in [1.807, 2.05) is 29.2 Å². The second-order valence-corrected chi connectivity index (χ2v) is 8.11. The zero-order valence-electron chi connectivity index (χ0n) is 15.8. The van der Waals surface area contributed by atoms with Gasteiger partial charge in [0.15, 0.2) is 0 Å². The summed E-state index contributed by atoms with van der Waals surface area (Å²) in [5, 5.41) is 3.81. The summed E-state index contributed by atoms with van der Waals surface area (Å²) in [4.78, 5) is 34.0. The van der Waals surface area contributed by atoms with Crippen LogP contribution in [0.2, 0.25) is 5.02 Å². The standard InChI is InChI=1S/C21H25ClN4O2/c22-17-9-5-4-6-14(17)12-23-21-24-18(11-19(27)25-21)15-10-20(28)26(13-15)16-7-2-1-3-8-16/h4-6,9,11,15-16H,1-3,7-8,10,12-13H2,(H2,23,24,25,27). The third-order valence-electron chi connectivity index (χ3n) is 5.76. The van der Waals surface area contributed by atoms with Gasteiger partial charge in [0, 0.05) is 42.6 Å². The fourth-order valence-corrected chi connectivity index (χ4v) is 4.47. The number of aromatic nitrogens is 2. The van der Waals surface area contributed by atoms with E-state index in [2.05, 4.69) is 15.3 Å². The maximum absolute atomic E-state index is 12.6. The highest BCUT2D eigenvalue weighted by Crippen LogP contribution is 2.32. The van der Waals surface area contributed by atoms with Crippen LogP contribution < -0.4 is 10.9 Å². The van der Waals surface area contributed by atoms with Gasteiger partial charge in [0.25, 0.3) is 5.56 Å². The van der Waals surface area contributed by atoms with Crippen molar-refractivity contribution in [2.45, 2.75) is 57.0 Å². The number of hydrogen-bond acceptors (Lipinski definition) is 4. The number of likely N-dealkylation sites (tertiary alicyclic amines) is 1. The van der Waals surface area contributed by atoms with E-state index in [-0.39, 0.29) is 17.4 Å². The Morgan fingerprint density at radius 3 is 2.75 bits per heavy atom. The molecule has 1 aliphatic heterocycles. The van der Waals surface area contributed by atoms with Crippen LogP contribution in [0.1, 0.15) is 55.7 Å². The lowest BCUT2D eigenvalue weighted by Crippen LogP contribution is -2.37. The Balaban J connectivity index is 1.47. The Hall–Kier alpha value is -2.34. The number of carbonyl (C=O) groups excluding carboxylic acids is 1. The van der Waals surface area contributed by atoms with E-state index in [0.717, 1.165) is 18.4 Å². The highest BCUT2D eigenvalue weighted by molar-refractivity contribution is 6.31. The molecule has 0 spiro atoms. The highest BCUT2D eigenvalue weighted by Gasteiger charge is 2.36. The Morgan fingerprint density at radius 1 is 1.18 bits per heavy atom. The van der Waals surface area contributed by atoms with Crippen LogP contribution in [0.3, 0.4) is 0 Å². The van der Waals surface area contributed by atoms with Gasteiger partial charge in [-0.3, -0.25) is 14.6 Å². The SMILES string of the molecule is O=C1CC(c2cc(=O)[nH]c(NCc3ccccc3Cl)n2)CN1C1CCCCC1. The molecule has 7 heteroatoms. The van der Waals surface area contributed by atoms with Gasteiger partial charge < -0.3 is 10.2 Å². The van der Waals surface area contributed by atoms with Crippen molar-refractivity contribution in [3.8, 4) is 0 Å². The zero-order valence-corrected chi connectivity index (χ0v) is 16.5. The van der Waals surface area contributed by atoms with Gasteiger partial charge in [-0.05, 0) is 24.5 Å². The molecule has 0 bridgehead atoms. The number of aromatic amines is 1. The number of nitrogens with one attached hydrogen (secondary N) is 2. The highest BCUT2D eigenvalue weighted by atomic mass is 35.5. The molecule has 28 heavy (non-hydrogen) atoms. The van der Waals surface area contributed by atoms with E-state index >= 15 is 0 Å². The van der Waals surface area contributed by atoms with Gasteiger partial charge in [0.1, 0.15) is 0 Å². The predicted molar refractivity (Wildman–Crippen MR) is 110 cm³/mol. The van der Waals surface area contributed by atoms with E-state index < -0.39 is 0 Å². The lowest BCUT2D eigenvalue weighted by Gasteiger charge is -2.31. The topological polar surface area (TPSA) is 78.1 Å². The fourth-order valence-electron chi connectivity index (χ4n) is 4.27. The van der Waals surface area contributed by atoms with Gasteiger partial charge in [-0.15, -0.1) is 0 Å². The summed E-state index contributed by atoms with van der Waals surface area (Å²) in [6.45, 7) is 1.12. The van der Waals surface area contributed by atoms with Crippen LogP contribution in [0.15, 0.2) is 35.1 Å². The minimum absolute atomic E-state index is 0.0300. The predicted octanol–water partition coefficient (Wildman–Crippen LogP) is 3.68. The first-order valence-corrected chi connectivity index (χ1v) is 10.4. The number of amides is 1. The normalized spacial score (nSPS) is 20.5. The van der Waals surface area contributed by atoms with Gasteiger partial charge >= 0.3 is 0 Å². The van der Waals surface area contributed by atoms with Crippen LogP contribution in [0.4, 0.5) is 5.95 Å².